The van der Waals surface area contributed by atoms with Crippen LogP contribution in [-0.2, 0) is 11.3 Å². The monoisotopic (exact) mass is 516 g/mol. The molecule has 1 aromatic carbocycles. The minimum absolute atomic E-state index is 0. The summed E-state index contributed by atoms with van der Waals surface area (Å²) >= 11 is 0. The van der Waals surface area contributed by atoms with E-state index in [1.165, 1.54) is 13.2 Å². The van der Waals surface area contributed by atoms with Gasteiger partial charge in [-0.1, -0.05) is 6.07 Å². The van der Waals surface area contributed by atoms with Gasteiger partial charge >= 0.3 is 6.61 Å². The maximum atomic E-state index is 12.5. The van der Waals surface area contributed by atoms with Crippen LogP contribution in [0, 0.1) is 0 Å². The van der Waals surface area contributed by atoms with Crippen molar-refractivity contribution >= 4 is 29.9 Å². The van der Waals surface area contributed by atoms with Crippen LogP contribution in [0.1, 0.15) is 12.0 Å². The molecule has 1 rings (SSSR count). The highest BCUT2D eigenvalue weighted by atomic mass is 127. The lowest BCUT2D eigenvalue weighted by Crippen LogP contribution is -2.40. The first-order valence-electron chi connectivity index (χ1n) is 8.73. The van der Waals surface area contributed by atoms with Gasteiger partial charge in [-0.25, -0.2) is 0 Å². The van der Waals surface area contributed by atoms with Crippen molar-refractivity contribution in [3.63, 3.8) is 0 Å². The van der Waals surface area contributed by atoms with Crippen molar-refractivity contribution in [1.29, 1.82) is 0 Å². The van der Waals surface area contributed by atoms with Crippen LogP contribution in [-0.4, -0.2) is 72.0 Å². The average molecular weight is 516 g/mol. The van der Waals surface area contributed by atoms with Gasteiger partial charge < -0.3 is 29.7 Å². The Balaban J connectivity index is 0.00000729. The third-order valence-electron chi connectivity index (χ3n) is 3.80. The standard InChI is InChI=1S/C18H30F2N4O3.HI/c1-21-18(22-8-10-24(2)9-5-11-25-3)23-13-14-6-7-15(26-4)16(12-14)27-17(19)20;/h6-7,12,17H,5,8-11,13H2,1-4H3,(H2,21,22,23);1H. The molecule has 0 spiro atoms. The molecule has 28 heavy (non-hydrogen) atoms. The van der Waals surface area contributed by atoms with E-state index in [1.54, 1.807) is 26.3 Å². The molecule has 10 heteroatoms. The fraction of sp³-hybridized carbons (Fsp3) is 0.611. The van der Waals surface area contributed by atoms with E-state index in [4.69, 9.17) is 9.47 Å². The SMILES string of the molecule is CN=C(NCCN(C)CCCOC)NCc1ccc(OC)c(OC(F)F)c1.I. The highest BCUT2D eigenvalue weighted by Crippen LogP contribution is 2.29. The number of benzene rings is 1. The number of alkyl halides is 2. The Labute approximate surface area is 182 Å². The van der Waals surface area contributed by atoms with Gasteiger partial charge in [0.2, 0.25) is 0 Å². The van der Waals surface area contributed by atoms with Crippen molar-refractivity contribution in [2.45, 2.75) is 19.6 Å². The topological polar surface area (TPSA) is 67.4 Å². The molecule has 0 bridgehead atoms. The summed E-state index contributed by atoms with van der Waals surface area (Å²) in [4.78, 5) is 6.36. The van der Waals surface area contributed by atoms with Crippen LogP contribution in [0.4, 0.5) is 8.78 Å². The lowest BCUT2D eigenvalue weighted by Gasteiger charge is -2.18. The summed E-state index contributed by atoms with van der Waals surface area (Å²) in [6.45, 7) is 0.801. The van der Waals surface area contributed by atoms with Gasteiger partial charge in [0.1, 0.15) is 0 Å². The van der Waals surface area contributed by atoms with E-state index in [2.05, 4.69) is 32.3 Å². The van der Waals surface area contributed by atoms with Gasteiger partial charge in [0.15, 0.2) is 17.5 Å². The van der Waals surface area contributed by atoms with Crippen molar-refractivity contribution in [2.75, 3.05) is 54.6 Å². The Morgan fingerprint density at radius 1 is 1.18 bits per heavy atom. The van der Waals surface area contributed by atoms with Crippen LogP contribution in [0.2, 0.25) is 0 Å². The number of nitrogens with one attached hydrogen (secondary N) is 2. The van der Waals surface area contributed by atoms with Crippen molar-refractivity contribution < 1.29 is 23.0 Å². The number of hydrogen-bond acceptors (Lipinski definition) is 5. The van der Waals surface area contributed by atoms with Gasteiger partial charge in [-0.05, 0) is 31.2 Å². The molecule has 0 aliphatic heterocycles. The van der Waals surface area contributed by atoms with Gasteiger partial charge in [-0.15, -0.1) is 24.0 Å². The van der Waals surface area contributed by atoms with Crippen molar-refractivity contribution in [3.05, 3.63) is 23.8 Å². The number of nitrogens with zero attached hydrogens (tertiary/aromatic N) is 2. The molecule has 162 valence electrons. The van der Waals surface area contributed by atoms with Crippen molar-refractivity contribution in [1.82, 2.24) is 15.5 Å². The van der Waals surface area contributed by atoms with E-state index in [9.17, 15) is 8.78 Å². The molecule has 0 unspecified atom stereocenters. The summed E-state index contributed by atoms with van der Waals surface area (Å²) in [6.07, 6.45) is 0.987. The minimum Gasteiger partial charge on any atom is -0.493 e. The molecule has 0 amide bonds. The molecule has 0 aromatic heterocycles. The first-order valence-corrected chi connectivity index (χ1v) is 8.73. The van der Waals surface area contributed by atoms with Gasteiger partial charge in [-0.2, -0.15) is 8.78 Å². The van der Waals surface area contributed by atoms with Crippen LogP contribution < -0.4 is 20.1 Å². The third-order valence-corrected chi connectivity index (χ3v) is 3.80. The Morgan fingerprint density at radius 3 is 2.54 bits per heavy atom. The molecule has 0 atom stereocenters. The minimum atomic E-state index is -2.91. The van der Waals surface area contributed by atoms with Gasteiger partial charge in [-0.3, -0.25) is 4.99 Å². The maximum absolute atomic E-state index is 12.5. The predicted molar refractivity (Wildman–Crippen MR) is 117 cm³/mol. The van der Waals surface area contributed by atoms with Crippen LogP contribution >= 0.6 is 24.0 Å². The molecule has 2 N–H and O–H groups in total. The quantitative estimate of drug-likeness (QED) is 0.193. The van der Waals surface area contributed by atoms with Crippen molar-refractivity contribution in [2.24, 2.45) is 4.99 Å². The van der Waals surface area contributed by atoms with E-state index in [-0.39, 0.29) is 35.5 Å². The lowest BCUT2D eigenvalue weighted by molar-refractivity contribution is -0.0512. The van der Waals surface area contributed by atoms with Crippen LogP contribution in [0.3, 0.4) is 0 Å². The number of aliphatic imine (C=N–C) groups is 1. The first kappa shape index (κ1) is 26.6. The Hall–Kier alpha value is -1.40. The summed E-state index contributed by atoms with van der Waals surface area (Å²) in [5, 5.41) is 6.37. The summed E-state index contributed by atoms with van der Waals surface area (Å²) in [5.74, 6) is 0.901. The molecular formula is C18H31F2IN4O3. The van der Waals surface area contributed by atoms with E-state index in [1.807, 2.05) is 0 Å². The van der Waals surface area contributed by atoms with Crippen LogP contribution in [0.25, 0.3) is 0 Å². The summed E-state index contributed by atoms with van der Waals surface area (Å²) in [7, 11) is 6.83. The lowest BCUT2D eigenvalue weighted by atomic mass is 10.2. The molecular weight excluding hydrogens is 485 g/mol. The predicted octanol–water partition coefficient (Wildman–Crippen LogP) is 2.55. The number of methoxy groups -OCH3 is 2. The smallest absolute Gasteiger partial charge is 0.387 e. The summed E-state index contributed by atoms with van der Waals surface area (Å²) < 4.78 is 39.6. The third kappa shape index (κ3) is 10.8. The second-order valence-electron chi connectivity index (χ2n) is 5.87. The normalized spacial score (nSPS) is 11.4. The van der Waals surface area contributed by atoms with Crippen molar-refractivity contribution in [3.8, 4) is 11.5 Å². The van der Waals surface area contributed by atoms with Crippen LogP contribution in [0.15, 0.2) is 23.2 Å². The second-order valence-corrected chi connectivity index (χ2v) is 5.87. The first-order chi connectivity index (χ1) is 13.0. The molecule has 0 heterocycles. The number of halogens is 3. The zero-order chi connectivity index (χ0) is 20.1. The zero-order valence-electron chi connectivity index (χ0n) is 16.8. The number of rotatable bonds is 12. The maximum Gasteiger partial charge on any atom is 0.387 e. The summed E-state index contributed by atoms with van der Waals surface area (Å²) in [6, 6.07) is 4.90. The van der Waals surface area contributed by atoms with Gasteiger partial charge in [0.05, 0.1) is 7.11 Å². The molecule has 0 aliphatic rings. The Morgan fingerprint density at radius 2 is 1.93 bits per heavy atom. The molecule has 0 saturated carbocycles. The molecule has 1 aromatic rings. The summed E-state index contributed by atoms with van der Waals surface area (Å²) in [5.41, 5.74) is 0.770. The Kier molecular flexibility index (Phi) is 14.7. The fourth-order valence-electron chi connectivity index (χ4n) is 2.38. The molecule has 7 nitrogen and oxygen atoms in total. The van der Waals surface area contributed by atoms with Crippen LogP contribution in [0.5, 0.6) is 11.5 Å². The van der Waals surface area contributed by atoms with Gasteiger partial charge in [0, 0.05) is 46.9 Å². The van der Waals surface area contributed by atoms with E-state index < -0.39 is 6.61 Å². The highest BCUT2D eigenvalue weighted by Gasteiger charge is 2.11. The number of guanidine groups is 1. The second kappa shape index (κ2) is 15.5. The highest BCUT2D eigenvalue weighted by molar-refractivity contribution is 14.0. The zero-order valence-corrected chi connectivity index (χ0v) is 19.2. The van der Waals surface area contributed by atoms with E-state index >= 15 is 0 Å². The molecule has 0 aliphatic carbocycles. The number of hydrogen-bond donors (Lipinski definition) is 2. The number of likely N-dealkylation sites (N-methyl/N-ethyl adjacent to an activating group) is 1. The van der Waals surface area contributed by atoms with E-state index in [0.717, 1.165) is 38.2 Å². The van der Waals surface area contributed by atoms with E-state index in [0.29, 0.717) is 12.5 Å². The number of ether oxygens (including phenoxy) is 3. The molecule has 0 fully saturated rings. The average Bonchev–Trinajstić information content (AvgIpc) is 2.64. The largest absolute Gasteiger partial charge is 0.493 e. The molecule has 0 radical (unpaired) electrons. The fourth-order valence-corrected chi connectivity index (χ4v) is 2.38. The molecule has 0 saturated heterocycles. The van der Waals surface area contributed by atoms with Gasteiger partial charge in [0.25, 0.3) is 0 Å². The Bertz CT molecular complexity index is 580.